The summed E-state index contributed by atoms with van der Waals surface area (Å²) < 4.78 is 3.03. The lowest BCUT2D eigenvalue weighted by atomic mass is 10.1. The van der Waals surface area contributed by atoms with Gasteiger partial charge >= 0.3 is 0 Å². The SMILES string of the molecule is CC(C)(O)c1nccn1Cc1ccc(Br)cc1. The quantitative estimate of drug-likeness (QED) is 0.945. The van der Waals surface area contributed by atoms with Crippen molar-refractivity contribution in [2.75, 3.05) is 0 Å². The molecule has 0 atom stereocenters. The molecule has 0 radical (unpaired) electrons. The Morgan fingerprint density at radius 3 is 2.53 bits per heavy atom. The molecule has 0 unspecified atom stereocenters. The Morgan fingerprint density at radius 1 is 1.29 bits per heavy atom. The summed E-state index contributed by atoms with van der Waals surface area (Å²) >= 11 is 3.41. The first-order chi connectivity index (χ1) is 7.97. The maximum Gasteiger partial charge on any atom is 0.140 e. The molecule has 0 saturated carbocycles. The number of hydrogen-bond acceptors (Lipinski definition) is 2. The molecule has 1 heterocycles. The van der Waals surface area contributed by atoms with Crippen LogP contribution >= 0.6 is 15.9 Å². The molecule has 17 heavy (non-hydrogen) atoms. The first-order valence-corrected chi connectivity index (χ1v) is 6.24. The van der Waals surface area contributed by atoms with Crippen LogP contribution in [0.1, 0.15) is 25.2 Å². The van der Waals surface area contributed by atoms with E-state index in [-0.39, 0.29) is 0 Å². The number of aliphatic hydroxyl groups is 1. The van der Waals surface area contributed by atoms with Gasteiger partial charge in [-0.2, -0.15) is 0 Å². The van der Waals surface area contributed by atoms with Gasteiger partial charge in [0.15, 0.2) is 0 Å². The summed E-state index contributed by atoms with van der Waals surface area (Å²) in [6.07, 6.45) is 3.60. The van der Waals surface area contributed by atoms with E-state index < -0.39 is 5.60 Å². The van der Waals surface area contributed by atoms with Crippen molar-refractivity contribution in [3.05, 3.63) is 52.5 Å². The van der Waals surface area contributed by atoms with Crippen molar-refractivity contribution >= 4 is 15.9 Å². The number of aromatic nitrogens is 2. The van der Waals surface area contributed by atoms with Crippen LogP contribution in [-0.4, -0.2) is 14.7 Å². The molecule has 3 nitrogen and oxygen atoms in total. The summed E-state index contributed by atoms with van der Waals surface area (Å²) in [5.74, 6) is 0.681. The van der Waals surface area contributed by atoms with Gasteiger partial charge in [0.2, 0.25) is 0 Å². The van der Waals surface area contributed by atoms with Crippen LogP contribution in [0, 0.1) is 0 Å². The van der Waals surface area contributed by atoms with Crippen LogP contribution < -0.4 is 0 Å². The Morgan fingerprint density at radius 2 is 1.94 bits per heavy atom. The van der Waals surface area contributed by atoms with Crippen LogP contribution in [0.4, 0.5) is 0 Å². The topological polar surface area (TPSA) is 38.1 Å². The molecule has 0 amide bonds. The minimum atomic E-state index is -0.918. The zero-order valence-electron chi connectivity index (χ0n) is 9.89. The summed E-state index contributed by atoms with van der Waals surface area (Å²) in [4.78, 5) is 4.20. The molecule has 90 valence electrons. The van der Waals surface area contributed by atoms with E-state index in [0.29, 0.717) is 12.4 Å². The fourth-order valence-electron chi connectivity index (χ4n) is 1.75. The Balaban J connectivity index is 2.25. The molecular formula is C13H15BrN2O. The molecule has 0 spiro atoms. The van der Waals surface area contributed by atoms with Crippen LogP contribution in [0.25, 0.3) is 0 Å². The van der Waals surface area contributed by atoms with Gasteiger partial charge in [-0.15, -0.1) is 0 Å². The second-order valence-corrected chi connectivity index (χ2v) is 5.48. The normalized spacial score (nSPS) is 11.8. The molecule has 0 aliphatic rings. The molecule has 2 rings (SSSR count). The molecule has 0 saturated heterocycles. The van der Waals surface area contributed by atoms with Crippen LogP contribution in [-0.2, 0) is 12.1 Å². The largest absolute Gasteiger partial charge is 0.383 e. The molecule has 1 N–H and O–H groups in total. The van der Waals surface area contributed by atoms with Gasteiger partial charge in [-0.05, 0) is 31.5 Å². The van der Waals surface area contributed by atoms with E-state index in [4.69, 9.17) is 0 Å². The minimum Gasteiger partial charge on any atom is -0.383 e. The van der Waals surface area contributed by atoms with Crippen molar-refractivity contribution in [3.63, 3.8) is 0 Å². The van der Waals surface area contributed by atoms with E-state index in [1.807, 2.05) is 22.9 Å². The molecule has 0 aliphatic heterocycles. The third kappa shape index (κ3) is 2.96. The van der Waals surface area contributed by atoms with E-state index in [1.165, 1.54) is 5.56 Å². The molecule has 4 heteroatoms. The molecule has 1 aromatic heterocycles. The van der Waals surface area contributed by atoms with Gasteiger partial charge in [0, 0.05) is 23.4 Å². The molecule has 1 aromatic carbocycles. The standard InChI is InChI=1S/C13H15BrN2O/c1-13(2,17)12-15-7-8-16(12)9-10-3-5-11(14)6-4-10/h3-8,17H,9H2,1-2H3. The van der Waals surface area contributed by atoms with Crippen LogP contribution in [0.2, 0.25) is 0 Å². The highest BCUT2D eigenvalue weighted by atomic mass is 79.9. The Labute approximate surface area is 109 Å². The first-order valence-electron chi connectivity index (χ1n) is 5.45. The number of imidazole rings is 1. The van der Waals surface area contributed by atoms with Crippen molar-refractivity contribution in [3.8, 4) is 0 Å². The maximum absolute atomic E-state index is 9.99. The second kappa shape index (κ2) is 4.63. The zero-order valence-corrected chi connectivity index (χ0v) is 11.5. The van der Waals surface area contributed by atoms with Gasteiger partial charge in [0.05, 0.1) is 0 Å². The Hall–Kier alpha value is -1.13. The van der Waals surface area contributed by atoms with E-state index in [1.54, 1.807) is 20.0 Å². The number of nitrogens with zero attached hydrogens (tertiary/aromatic N) is 2. The third-order valence-electron chi connectivity index (χ3n) is 2.53. The maximum atomic E-state index is 9.99. The van der Waals surface area contributed by atoms with Crippen molar-refractivity contribution < 1.29 is 5.11 Å². The van der Waals surface area contributed by atoms with Gasteiger partial charge in [-0.3, -0.25) is 0 Å². The van der Waals surface area contributed by atoms with Crippen LogP contribution in [0.5, 0.6) is 0 Å². The number of benzene rings is 1. The average Bonchev–Trinajstić information content (AvgIpc) is 2.69. The predicted molar refractivity (Wildman–Crippen MR) is 70.7 cm³/mol. The number of halogens is 1. The van der Waals surface area contributed by atoms with Crippen molar-refractivity contribution in [2.24, 2.45) is 0 Å². The highest BCUT2D eigenvalue weighted by molar-refractivity contribution is 9.10. The van der Waals surface area contributed by atoms with E-state index in [2.05, 4.69) is 33.0 Å². The molecule has 0 fully saturated rings. The van der Waals surface area contributed by atoms with E-state index in [9.17, 15) is 5.11 Å². The lowest BCUT2D eigenvalue weighted by Gasteiger charge is -2.18. The highest BCUT2D eigenvalue weighted by Crippen LogP contribution is 2.19. The van der Waals surface area contributed by atoms with Gasteiger partial charge < -0.3 is 9.67 Å². The second-order valence-electron chi connectivity index (χ2n) is 4.56. The van der Waals surface area contributed by atoms with Crippen LogP contribution in [0.3, 0.4) is 0 Å². The first kappa shape index (κ1) is 12.3. The predicted octanol–water partition coefficient (Wildman–Crippen LogP) is 2.92. The average molecular weight is 295 g/mol. The van der Waals surface area contributed by atoms with Crippen molar-refractivity contribution in [1.82, 2.24) is 9.55 Å². The third-order valence-corrected chi connectivity index (χ3v) is 3.06. The summed E-state index contributed by atoms with van der Waals surface area (Å²) in [7, 11) is 0. The summed E-state index contributed by atoms with van der Waals surface area (Å²) in [6.45, 7) is 4.20. The molecule has 2 aromatic rings. The van der Waals surface area contributed by atoms with E-state index in [0.717, 1.165) is 4.47 Å². The zero-order chi connectivity index (χ0) is 12.5. The highest BCUT2D eigenvalue weighted by Gasteiger charge is 2.21. The molecule has 0 aliphatic carbocycles. The van der Waals surface area contributed by atoms with Gasteiger partial charge in [0.1, 0.15) is 11.4 Å². The smallest absolute Gasteiger partial charge is 0.140 e. The van der Waals surface area contributed by atoms with Gasteiger partial charge in [-0.25, -0.2) is 4.98 Å². The lowest BCUT2D eigenvalue weighted by molar-refractivity contribution is 0.0652. The Kier molecular flexibility index (Phi) is 3.35. The van der Waals surface area contributed by atoms with E-state index >= 15 is 0 Å². The number of hydrogen-bond donors (Lipinski definition) is 1. The fraction of sp³-hybridized carbons (Fsp3) is 0.308. The molecule has 0 bridgehead atoms. The minimum absolute atomic E-state index is 0.681. The molecular weight excluding hydrogens is 280 g/mol. The summed E-state index contributed by atoms with van der Waals surface area (Å²) in [5.41, 5.74) is 0.260. The van der Waals surface area contributed by atoms with Crippen molar-refractivity contribution in [1.29, 1.82) is 0 Å². The van der Waals surface area contributed by atoms with Crippen LogP contribution in [0.15, 0.2) is 41.1 Å². The summed E-state index contributed by atoms with van der Waals surface area (Å²) in [6, 6.07) is 8.13. The van der Waals surface area contributed by atoms with Gasteiger partial charge in [0.25, 0.3) is 0 Å². The van der Waals surface area contributed by atoms with Gasteiger partial charge in [-0.1, -0.05) is 28.1 Å². The summed E-state index contributed by atoms with van der Waals surface area (Å²) in [5, 5.41) is 9.99. The Bertz CT molecular complexity index is 497. The fourth-order valence-corrected chi connectivity index (χ4v) is 2.02. The lowest BCUT2D eigenvalue weighted by Crippen LogP contribution is -2.22. The van der Waals surface area contributed by atoms with Crippen molar-refractivity contribution in [2.45, 2.75) is 26.0 Å². The monoisotopic (exact) mass is 294 g/mol. The number of rotatable bonds is 3.